The van der Waals surface area contributed by atoms with Gasteiger partial charge in [0.1, 0.15) is 5.69 Å². The topological polar surface area (TPSA) is 145 Å². The van der Waals surface area contributed by atoms with Gasteiger partial charge in [0.25, 0.3) is 5.56 Å². The van der Waals surface area contributed by atoms with Gasteiger partial charge in [-0.2, -0.15) is 4.98 Å². The van der Waals surface area contributed by atoms with Crippen LogP contribution in [0.5, 0.6) is 0 Å². The van der Waals surface area contributed by atoms with Gasteiger partial charge in [-0.3, -0.25) is 14.3 Å². The number of aromatic amines is 1. The predicted molar refractivity (Wildman–Crippen MR) is 75.8 cm³/mol. The lowest BCUT2D eigenvalue weighted by Crippen LogP contribution is -2.23. The zero-order valence-electron chi connectivity index (χ0n) is 10.6. The third kappa shape index (κ3) is 3.60. The van der Waals surface area contributed by atoms with Gasteiger partial charge in [0.15, 0.2) is 5.82 Å². The number of fused-ring (bicyclic) bond motifs is 1. The van der Waals surface area contributed by atoms with Gasteiger partial charge in [0.2, 0.25) is 5.95 Å². The van der Waals surface area contributed by atoms with Crippen LogP contribution in [-0.2, 0) is 4.57 Å². The minimum atomic E-state index is -3.95. The Morgan fingerprint density at radius 3 is 2.90 bits per heavy atom. The summed E-state index contributed by atoms with van der Waals surface area (Å²) in [5, 5.41) is 2.92. The molecule has 0 radical (unpaired) electrons. The fourth-order valence-corrected chi connectivity index (χ4v) is 2.31. The van der Waals surface area contributed by atoms with Crippen LogP contribution in [-0.4, -0.2) is 39.1 Å². The predicted octanol–water partition coefficient (Wildman–Crippen LogP) is -0.335. The molecule has 2 heterocycles. The molecule has 0 amide bonds. The highest BCUT2D eigenvalue weighted by molar-refractivity contribution is 7.51. The lowest BCUT2D eigenvalue weighted by atomic mass is 10.4. The molecule has 20 heavy (non-hydrogen) atoms. The van der Waals surface area contributed by atoms with Gasteiger partial charge in [-0.15, -0.1) is 0 Å². The van der Waals surface area contributed by atoms with Gasteiger partial charge in [0, 0.05) is 6.54 Å². The summed E-state index contributed by atoms with van der Waals surface area (Å²) in [6.07, 6.45) is 3.58. The largest absolute Gasteiger partial charge is 0.369 e. The van der Waals surface area contributed by atoms with Crippen LogP contribution in [0.25, 0.3) is 0 Å². The molecule has 0 fully saturated rings. The van der Waals surface area contributed by atoms with Crippen molar-refractivity contribution in [1.82, 2.24) is 9.97 Å². The number of H-pyrrole nitrogens is 1. The van der Waals surface area contributed by atoms with Gasteiger partial charge < -0.3 is 25.7 Å². The first kappa shape index (κ1) is 14.6. The Hall–Kier alpha value is -1.83. The molecule has 1 aromatic heterocycles. The number of hydrogen-bond acceptors (Lipinski definition) is 6. The fourth-order valence-electron chi connectivity index (χ4n) is 1.83. The second-order valence-corrected chi connectivity index (χ2v) is 6.13. The molecule has 0 saturated carbocycles. The van der Waals surface area contributed by atoms with E-state index in [-0.39, 0.29) is 17.7 Å². The summed E-state index contributed by atoms with van der Waals surface area (Å²) >= 11 is 0. The summed E-state index contributed by atoms with van der Waals surface area (Å²) in [7, 11) is -3.95. The normalized spacial score (nSPS) is 14.6. The van der Waals surface area contributed by atoms with Crippen LogP contribution in [0.2, 0.25) is 0 Å². The van der Waals surface area contributed by atoms with Crippen molar-refractivity contribution in [2.24, 2.45) is 0 Å². The Bertz CT molecular complexity index is 623. The maximum Gasteiger partial charge on any atom is 0.325 e. The molecule has 0 aliphatic carbocycles. The molecule has 0 unspecified atom stereocenters. The van der Waals surface area contributed by atoms with Crippen molar-refractivity contribution in [3.63, 3.8) is 0 Å². The first-order chi connectivity index (χ1) is 9.37. The van der Waals surface area contributed by atoms with E-state index in [1.165, 1.54) is 0 Å². The number of anilines is 3. The van der Waals surface area contributed by atoms with Crippen LogP contribution in [0.15, 0.2) is 16.9 Å². The molecule has 0 aromatic carbocycles. The molecule has 2 rings (SSSR count). The average molecular weight is 301 g/mol. The zero-order valence-corrected chi connectivity index (χ0v) is 11.5. The van der Waals surface area contributed by atoms with E-state index in [0.29, 0.717) is 31.1 Å². The molecule has 0 saturated heterocycles. The molecular formula is C10H16N5O4P. The molecule has 1 aliphatic heterocycles. The van der Waals surface area contributed by atoms with Crippen LogP contribution in [0, 0.1) is 0 Å². The minimum absolute atomic E-state index is 0.0490. The number of rotatable bonds is 5. The maximum atomic E-state index is 11.6. The summed E-state index contributed by atoms with van der Waals surface area (Å²) in [4.78, 5) is 37.3. The Balaban J connectivity index is 1.96. The monoisotopic (exact) mass is 301 g/mol. The first-order valence-corrected chi connectivity index (χ1v) is 7.75. The summed E-state index contributed by atoms with van der Waals surface area (Å²) in [6.45, 7) is 0.898. The molecule has 10 heteroatoms. The highest BCUT2D eigenvalue weighted by Crippen LogP contribution is 2.34. The second kappa shape index (κ2) is 5.66. The van der Waals surface area contributed by atoms with E-state index in [1.807, 2.05) is 0 Å². The molecule has 0 atom stereocenters. The smallest absolute Gasteiger partial charge is 0.325 e. The Morgan fingerprint density at radius 2 is 2.20 bits per heavy atom. The van der Waals surface area contributed by atoms with E-state index in [2.05, 4.69) is 15.3 Å². The highest BCUT2D eigenvalue weighted by Gasteiger charge is 2.22. The van der Waals surface area contributed by atoms with Crippen molar-refractivity contribution in [2.45, 2.75) is 6.42 Å². The van der Waals surface area contributed by atoms with Crippen molar-refractivity contribution >= 4 is 25.0 Å². The Kier molecular flexibility index (Phi) is 4.12. The van der Waals surface area contributed by atoms with Crippen molar-refractivity contribution in [3.8, 4) is 0 Å². The Morgan fingerprint density at radius 1 is 1.45 bits per heavy atom. The van der Waals surface area contributed by atoms with Crippen molar-refractivity contribution in [1.29, 1.82) is 0 Å². The maximum absolute atomic E-state index is 11.6. The average Bonchev–Trinajstić information content (AvgIpc) is 2.70. The third-order valence-corrected chi connectivity index (χ3v) is 3.59. The summed E-state index contributed by atoms with van der Waals surface area (Å²) < 4.78 is 10.7. The zero-order chi connectivity index (χ0) is 14.8. The van der Waals surface area contributed by atoms with Crippen LogP contribution >= 0.6 is 7.60 Å². The quantitative estimate of drug-likeness (QED) is 0.367. The Labute approximate surface area is 114 Å². The van der Waals surface area contributed by atoms with E-state index >= 15 is 0 Å². The lowest BCUT2D eigenvalue weighted by molar-refractivity contribution is 0.373. The number of nitrogen functional groups attached to an aromatic ring is 1. The summed E-state index contributed by atoms with van der Waals surface area (Å²) in [5.74, 6) is 0.527. The fraction of sp³-hybridized carbons (Fsp3) is 0.400. The van der Waals surface area contributed by atoms with Gasteiger partial charge in [0.05, 0.1) is 12.8 Å². The van der Waals surface area contributed by atoms with E-state index < -0.39 is 7.60 Å². The number of allylic oxidation sites excluding steroid dienone is 1. The number of nitrogens with zero attached hydrogens (tertiary/aromatic N) is 2. The first-order valence-electron chi connectivity index (χ1n) is 5.95. The van der Waals surface area contributed by atoms with E-state index in [0.717, 1.165) is 0 Å². The molecule has 9 nitrogen and oxygen atoms in total. The number of nitrogens with one attached hydrogen (secondary N) is 2. The van der Waals surface area contributed by atoms with Gasteiger partial charge in [-0.25, -0.2) is 0 Å². The SMILES string of the molecule is Nc1nc2c(c(=O)[nH]1)NCN2CC=CCCP(=O)(O)O. The molecule has 1 aromatic rings. The van der Waals surface area contributed by atoms with Crippen molar-refractivity contribution < 1.29 is 14.4 Å². The molecule has 110 valence electrons. The van der Waals surface area contributed by atoms with Crippen molar-refractivity contribution in [2.75, 3.05) is 35.3 Å². The minimum Gasteiger partial charge on any atom is -0.369 e. The number of nitrogens with two attached hydrogens (primary N) is 1. The molecular weight excluding hydrogens is 285 g/mol. The third-order valence-electron chi connectivity index (χ3n) is 2.74. The molecule has 1 aliphatic rings. The lowest BCUT2D eigenvalue weighted by Gasteiger charge is -2.14. The summed E-state index contributed by atoms with van der Waals surface area (Å²) in [6, 6.07) is 0. The number of aromatic nitrogens is 2. The molecule has 6 N–H and O–H groups in total. The highest BCUT2D eigenvalue weighted by atomic mass is 31.2. The van der Waals surface area contributed by atoms with Gasteiger partial charge in [-0.05, 0) is 6.42 Å². The van der Waals surface area contributed by atoms with E-state index in [4.69, 9.17) is 15.5 Å². The van der Waals surface area contributed by atoms with Crippen LogP contribution in [0.4, 0.5) is 17.5 Å². The molecule has 0 spiro atoms. The van der Waals surface area contributed by atoms with Crippen molar-refractivity contribution in [3.05, 3.63) is 22.5 Å². The second-order valence-electron chi connectivity index (χ2n) is 4.36. The van der Waals surface area contributed by atoms with Crippen LogP contribution < -0.4 is 21.5 Å². The van der Waals surface area contributed by atoms with Gasteiger partial charge >= 0.3 is 7.60 Å². The van der Waals surface area contributed by atoms with Crippen LogP contribution in [0.3, 0.4) is 0 Å². The molecule has 0 bridgehead atoms. The van der Waals surface area contributed by atoms with E-state index in [1.54, 1.807) is 17.1 Å². The van der Waals surface area contributed by atoms with Crippen LogP contribution in [0.1, 0.15) is 6.42 Å². The van der Waals surface area contributed by atoms with E-state index in [9.17, 15) is 9.36 Å². The summed E-state index contributed by atoms with van der Waals surface area (Å²) in [5.41, 5.74) is 5.55. The number of hydrogen-bond donors (Lipinski definition) is 5. The van der Waals surface area contributed by atoms with Gasteiger partial charge in [-0.1, -0.05) is 12.2 Å². The standard InChI is InChI=1S/C10H16N5O4P/c11-10-13-8-7(9(16)14-10)12-6-15(8)4-2-1-3-5-20(17,18)19/h1-2,12H,3-6H2,(H2,17,18,19)(H3,11,13,14,16).